The van der Waals surface area contributed by atoms with Gasteiger partial charge in [0.25, 0.3) is 0 Å². The fraction of sp³-hybridized carbons (Fsp3) is 0.0741. The third-order valence-electron chi connectivity index (χ3n) is 4.89. The summed E-state index contributed by atoms with van der Waals surface area (Å²) in [5.74, 6) is 0.565. The van der Waals surface area contributed by atoms with Gasteiger partial charge in [0.2, 0.25) is 5.90 Å². The number of nitrogens with one attached hydrogen (secondary N) is 2. The standard InChI is InChI=1S/C27H22ClN3O2/c1-18(29)33-27(30)25(20-8-11-22(28)12-9-20)16-19-6-14-24(15-7-19)32-17-23-13-10-21-4-2-3-5-26(21)31-23/h2-16,29-30H,17H2,1H3. The molecule has 3 aromatic carbocycles. The molecule has 1 aromatic heterocycles. The second-order valence-electron chi connectivity index (χ2n) is 7.41. The Morgan fingerprint density at radius 1 is 0.909 bits per heavy atom. The minimum absolute atomic E-state index is 0.0501. The summed E-state index contributed by atoms with van der Waals surface area (Å²) >= 11 is 6.00. The Morgan fingerprint density at radius 2 is 1.64 bits per heavy atom. The van der Waals surface area contributed by atoms with Crippen molar-refractivity contribution in [3.05, 3.63) is 107 Å². The second-order valence-corrected chi connectivity index (χ2v) is 7.84. The summed E-state index contributed by atoms with van der Waals surface area (Å²) in [6.45, 7) is 1.86. The highest BCUT2D eigenvalue weighted by molar-refractivity contribution is 6.31. The van der Waals surface area contributed by atoms with Gasteiger partial charge in [0.15, 0.2) is 5.90 Å². The van der Waals surface area contributed by atoms with Crippen molar-refractivity contribution in [2.24, 2.45) is 0 Å². The minimum atomic E-state index is -0.104. The number of nitrogens with zero attached hydrogens (tertiary/aromatic N) is 1. The summed E-state index contributed by atoms with van der Waals surface area (Å²) in [4.78, 5) is 4.63. The van der Waals surface area contributed by atoms with Crippen LogP contribution in [0.2, 0.25) is 5.02 Å². The van der Waals surface area contributed by atoms with Gasteiger partial charge in [-0.05, 0) is 53.6 Å². The van der Waals surface area contributed by atoms with Gasteiger partial charge in [-0.1, -0.05) is 60.1 Å². The van der Waals surface area contributed by atoms with Gasteiger partial charge >= 0.3 is 0 Å². The van der Waals surface area contributed by atoms with Gasteiger partial charge in [-0.15, -0.1) is 0 Å². The maximum atomic E-state index is 8.28. The van der Waals surface area contributed by atoms with Gasteiger partial charge in [-0.25, -0.2) is 4.98 Å². The van der Waals surface area contributed by atoms with Gasteiger partial charge in [-0.2, -0.15) is 0 Å². The number of pyridine rings is 1. The summed E-state index contributed by atoms with van der Waals surface area (Å²) < 4.78 is 11.2. The van der Waals surface area contributed by atoms with E-state index >= 15 is 0 Å². The average Bonchev–Trinajstić information content (AvgIpc) is 2.82. The van der Waals surface area contributed by atoms with Crippen LogP contribution in [0.25, 0.3) is 22.6 Å². The Balaban J connectivity index is 1.51. The highest BCUT2D eigenvalue weighted by Crippen LogP contribution is 2.24. The maximum absolute atomic E-state index is 8.28. The van der Waals surface area contributed by atoms with Gasteiger partial charge in [0, 0.05) is 22.9 Å². The zero-order valence-electron chi connectivity index (χ0n) is 18.0. The van der Waals surface area contributed by atoms with E-state index in [-0.39, 0.29) is 11.8 Å². The lowest BCUT2D eigenvalue weighted by atomic mass is 10.0. The Kier molecular flexibility index (Phi) is 6.81. The van der Waals surface area contributed by atoms with Crippen molar-refractivity contribution in [1.82, 2.24) is 4.98 Å². The molecule has 0 aliphatic rings. The van der Waals surface area contributed by atoms with E-state index in [9.17, 15) is 0 Å². The highest BCUT2D eigenvalue weighted by Gasteiger charge is 2.12. The number of benzene rings is 3. The fourth-order valence-electron chi connectivity index (χ4n) is 3.29. The third kappa shape index (κ3) is 5.84. The van der Waals surface area contributed by atoms with E-state index < -0.39 is 0 Å². The molecular formula is C27H22ClN3O2. The Hall–Kier alpha value is -3.96. The first-order valence-corrected chi connectivity index (χ1v) is 10.7. The van der Waals surface area contributed by atoms with E-state index in [0.29, 0.717) is 17.2 Å². The smallest absolute Gasteiger partial charge is 0.221 e. The first-order valence-electron chi connectivity index (χ1n) is 10.3. The summed E-state index contributed by atoms with van der Waals surface area (Å²) in [6.07, 6.45) is 1.84. The first-order chi connectivity index (χ1) is 16.0. The molecule has 0 aliphatic heterocycles. The molecule has 0 saturated heterocycles. The summed E-state index contributed by atoms with van der Waals surface area (Å²) in [7, 11) is 0. The maximum Gasteiger partial charge on any atom is 0.221 e. The van der Waals surface area contributed by atoms with Crippen LogP contribution in [0.1, 0.15) is 23.7 Å². The molecule has 0 radical (unpaired) electrons. The van der Waals surface area contributed by atoms with E-state index in [0.717, 1.165) is 33.5 Å². The molecule has 5 nitrogen and oxygen atoms in total. The number of halogens is 1. The summed E-state index contributed by atoms with van der Waals surface area (Å²) in [5.41, 5.74) is 3.99. The molecule has 164 valence electrons. The molecular weight excluding hydrogens is 434 g/mol. The quantitative estimate of drug-likeness (QED) is 0.186. The lowest BCUT2D eigenvalue weighted by molar-refractivity contribution is 0.302. The van der Waals surface area contributed by atoms with Gasteiger partial charge in [0.1, 0.15) is 12.4 Å². The molecule has 0 amide bonds. The molecule has 0 unspecified atom stereocenters. The van der Waals surface area contributed by atoms with Gasteiger partial charge < -0.3 is 9.47 Å². The van der Waals surface area contributed by atoms with Crippen LogP contribution in [0.15, 0.2) is 84.9 Å². The Morgan fingerprint density at radius 3 is 2.36 bits per heavy atom. The molecule has 0 atom stereocenters. The molecule has 1 heterocycles. The van der Waals surface area contributed by atoms with Gasteiger partial charge in [0.05, 0.1) is 11.2 Å². The predicted molar refractivity (Wildman–Crippen MR) is 134 cm³/mol. The van der Waals surface area contributed by atoms with E-state index in [4.69, 9.17) is 31.9 Å². The zero-order chi connectivity index (χ0) is 23.2. The molecule has 4 aromatic rings. The van der Waals surface area contributed by atoms with Crippen molar-refractivity contribution in [2.75, 3.05) is 0 Å². The number of fused-ring (bicyclic) bond motifs is 1. The number of aromatic nitrogens is 1. The van der Waals surface area contributed by atoms with Crippen molar-refractivity contribution in [3.8, 4) is 5.75 Å². The second kappa shape index (κ2) is 10.1. The van der Waals surface area contributed by atoms with E-state index in [1.165, 1.54) is 6.92 Å². The number of ether oxygens (including phenoxy) is 2. The van der Waals surface area contributed by atoms with E-state index in [1.54, 1.807) is 12.1 Å². The van der Waals surface area contributed by atoms with Crippen LogP contribution in [0.5, 0.6) is 5.75 Å². The Labute approximate surface area is 197 Å². The Bertz CT molecular complexity index is 1330. The lowest BCUT2D eigenvalue weighted by Crippen LogP contribution is -2.09. The average molecular weight is 456 g/mol. The number of hydrogen-bond donors (Lipinski definition) is 2. The molecule has 0 fully saturated rings. The summed E-state index contributed by atoms with van der Waals surface area (Å²) in [5, 5.41) is 17.5. The zero-order valence-corrected chi connectivity index (χ0v) is 18.8. The van der Waals surface area contributed by atoms with Crippen molar-refractivity contribution < 1.29 is 9.47 Å². The van der Waals surface area contributed by atoms with Crippen LogP contribution in [0, 0.1) is 10.8 Å². The molecule has 6 heteroatoms. The fourth-order valence-corrected chi connectivity index (χ4v) is 3.42. The third-order valence-corrected chi connectivity index (χ3v) is 5.14. The number of hydrogen-bond acceptors (Lipinski definition) is 5. The minimum Gasteiger partial charge on any atom is -0.487 e. The van der Waals surface area contributed by atoms with Crippen LogP contribution in [-0.2, 0) is 11.3 Å². The van der Waals surface area contributed by atoms with Crippen LogP contribution in [0.3, 0.4) is 0 Å². The van der Waals surface area contributed by atoms with Crippen molar-refractivity contribution in [2.45, 2.75) is 13.5 Å². The van der Waals surface area contributed by atoms with Crippen molar-refractivity contribution in [1.29, 1.82) is 10.8 Å². The monoisotopic (exact) mass is 455 g/mol. The molecule has 33 heavy (non-hydrogen) atoms. The largest absolute Gasteiger partial charge is 0.487 e. The van der Waals surface area contributed by atoms with Crippen molar-refractivity contribution in [3.63, 3.8) is 0 Å². The molecule has 0 spiro atoms. The topological polar surface area (TPSA) is 79.0 Å². The molecule has 0 aliphatic carbocycles. The van der Waals surface area contributed by atoms with Crippen LogP contribution in [-0.4, -0.2) is 16.8 Å². The van der Waals surface area contributed by atoms with E-state index in [1.807, 2.05) is 78.9 Å². The predicted octanol–water partition coefficient (Wildman–Crippen LogP) is 7.00. The van der Waals surface area contributed by atoms with Gasteiger partial charge in [-0.3, -0.25) is 10.8 Å². The SMILES string of the molecule is CC(=N)OC(=N)C(=Cc1ccc(OCc2ccc3ccccc3n2)cc1)c1ccc(Cl)cc1. The normalized spacial score (nSPS) is 11.3. The highest BCUT2D eigenvalue weighted by atomic mass is 35.5. The number of rotatable bonds is 6. The van der Waals surface area contributed by atoms with Crippen LogP contribution >= 0.6 is 11.6 Å². The van der Waals surface area contributed by atoms with Crippen molar-refractivity contribution >= 4 is 45.9 Å². The molecule has 0 saturated carbocycles. The molecule has 2 N–H and O–H groups in total. The lowest BCUT2D eigenvalue weighted by Gasteiger charge is -2.11. The van der Waals surface area contributed by atoms with Crippen LogP contribution in [0.4, 0.5) is 0 Å². The first kappa shape index (κ1) is 22.2. The molecule has 4 rings (SSSR count). The van der Waals surface area contributed by atoms with E-state index in [2.05, 4.69) is 4.98 Å². The summed E-state index contributed by atoms with van der Waals surface area (Å²) in [6, 6.07) is 26.7. The van der Waals surface area contributed by atoms with Crippen LogP contribution < -0.4 is 4.74 Å². The number of para-hydroxylation sites is 1. The molecule has 0 bridgehead atoms.